The van der Waals surface area contributed by atoms with Gasteiger partial charge in [-0.3, -0.25) is 0 Å². The van der Waals surface area contributed by atoms with Crippen LogP contribution in [0.5, 0.6) is 0 Å². The molecule has 2 N–H and O–H groups in total. The summed E-state index contributed by atoms with van der Waals surface area (Å²) in [4.78, 5) is 10.1. The van der Waals surface area contributed by atoms with E-state index in [1.807, 2.05) is 19.2 Å². The van der Waals surface area contributed by atoms with Gasteiger partial charge < -0.3 is 15.2 Å². The highest BCUT2D eigenvalue weighted by atomic mass is 32.1. The molecule has 6 nitrogen and oxygen atoms in total. The first-order valence-corrected chi connectivity index (χ1v) is 8.79. The SMILES string of the molecule is CCNC(=NCc1cc(C(C)C)no1)NCCc1ncc(C)s1. The number of nitrogens with zero attached hydrogens (tertiary/aromatic N) is 3. The number of guanidine groups is 1. The molecule has 2 heterocycles. The number of hydrogen-bond acceptors (Lipinski definition) is 5. The summed E-state index contributed by atoms with van der Waals surface area (Å²) in [6.45, 7) is 10.4. The topological polar surface area (TPSA) is 75.3 Å². The molecular weight excluding hydrogens is 310 g/mol. The summed E-state index contributed by atoms with van der Waals surface area (Å²) >= 11 is 1.73. The van der Waals surface area contributed by atoms with E-state index in [2.05, 4.69) is 46.5 Å². The minimum absolute atomic E-state index is 0.365. The molecule has 0 saturated carbocycles. The van der Waals surface area contributed by atoms with Crippen molar-refractivity contribution in [1.82, 2.24) is 20.8 Å². The van der Waals surface area contributed by atoms with E-state index in [1.54, 1.807) is 11.3 Å². The van der Waals surface area contributed by atoms with Crippen molar-refractivity contribution in [3.63, 3.8) is 0 Å². The van der Waals surface area contributed by atoms with Crippen LogP contribution in [-0.2, 0) is 13.0 Å². The number of nitrogens with one attached hydrogen (secondary N) is 2. The third-order valence-electron chi connectivity index (χ3n) is 3.21. The molecule has 0 aliphatic rings. The number of rotatable bonds is 7. The van der Waals surface area contributed by atoms with Gasteiger partial charge in [0.15, 0.2) is 11.7 Å². The summed E-state index contributed by atoms with van der Waals surface area (Å²) in [7, 11) is 0. The number of thiazole rings is 1. The molecule has 0 spiro atoms. The highest BCUT2D eigenvalue weighted by Crippen LogP contribution is 2.14. The van der Waals surface area contributed by atoms with Crippen LogP contribution in [0.2, 0.25) is 0 Å². The maximum atomic E-state index is 5.31. The van der Waals surface area contributed by atoms with Crippen molar-refractivity contribution < 1.29 is 4.52 Å². The molecule has 2 aromatic rings. The molecule has 0 aliphatic carbocycles. The second-order valence-electron chi connectivity index (χ2n) is 5.61. The smallest absolute Gasteiger partial charge is 0.191 e. The maximum absolute atomic E-state index is 5.31. The predicted molar refractivity (Wildman–Crippen MR) is 94.0 cm³/mol. The summed E-state index contributed by atoms with van der Waals surface area (Å²) in [6, 6.07) is 1.97. The van der Waals surface area contributed by atoms with Crippen LogP contribution in [-0.4, -0.2) is 29.2 Å². The molecule has 0 saturated heterocycles. The molecular formula is C16H25N5OS. The number of aromatic nitrogens is 2. The Hall–Kier alpha value is -1.89. The van der Waals surface area contributed by atoms with E-state index in [0.717, 1.165) is 41.9 Å². The van der Waals surface area contributed by atoms with Crippen molar-refractivity contribution in [3.05, 3.63) is 33.6 Å². The average molecular weight is 335 g/mol. The lowest BCUT2D eigenvalue weighted by Gasteiger charge is -2.09. The first kappa shape index (κ1) is 17.5. The second kappa shape index (κ2) is 8.67. The van der Waals surface area contributed by atoms with Crippen LogP contribution in [0.25, 0.3) is 0 Å². The van der Waals surface area contributed by atoms with E-state index in [4.69, 9.17) is 4.52 Å². The normalized spacial score (nSPS) is 12.0. The van der Waals surface area contributed by atoms with Gasteiger partial charge in [-0.05, 0) is 19.8 Å². The fourth-order valence-electron chi connectivity index (χ4n) is 1.98. The van der Waals surface area contributed by atoms with Gasteiger partial charge in [0.1, 0.15) is 6.54 Å². The summed E-state index contributed by atoms with van der Waals surface area (Å²) in [5.41, 5.74) is 0.965. The summed E-state index contributed by atoms with van der Waals surface area (Å²) < 4.78 is 5.31. The van der Waals surface area contributed by atoms with E-state index in [0.29, 0.717) is 12.5 Å². The van der Waals surface area contributed by atoms with Crippen LogP contribution < -0.4 is 10.6 Å². The van der Waals surface area contributed by atoms with Crippen molar-refractivity contribution in [3.8, 4) is 0 Å². The van der Waals surface area contributed by atoms with Crippen molar-refractivity contribution in [2.24, 2.45) is 4.99 Å². The van der Waals surface area contributed by atoms with Gasteiger partial charge in [-0.1, -0.05) is 19.0 Å². The highest BCUT2D eigenvalue weighted by Gasteiger charge is 2.07. The van der Waals surface area contributed by atoms with Gasteiger partial charge >= 0.3 is 0 Å². The fraction of sp³-hybridized carbons (Fsp3) is 0.562. The van der Waals surface area contributed by atoms with Crippen LogP contribution in [0.4, 0.5) is 0 Å². The van der Waals surface area contributed by atoms with Crippen LogP contribution in [0.1, 0.15) is 48.0 Å². The quantitative estimate of drug-likeness (QED) is 0.601. The van der Waals surface area contributed by atoms with Gasteiger partial charge in [0.05, 0.1) is 10.7 Å². The molecule has 0 amide bonds. The Kier molecular flexibility index (Phi) is 6.58. The Balaban J connectivity index is 1.85. The molecule has 0 aromatic carbocycles. The van der Waals surface area contributed by atoms with E-state index >= 15 is 0 Å². The Labute approximate surface area is 141 Å². The standard InChI is InChI=1S/C16H25N5OS/c1-5-17-16(18-7-6-15-19-9-12(4)23-15)20-10-13-8-14(11(2)3)21-22-13/h8-9,11H,5-7,10H2,1-4H3,(H2,17,18,20). The van der Waals surface area contributed by atoms with E-state index in [1.165, 1.54) is 4.88 Å². The Bertz CT molecular complexity index is 632. The van der Waals surface area contributed by atoms with E-state index < -0.39 is 0 Å². The zero-order chi connectivity index (χ0) is 16.7. The Morgan fingerprint density at radius 2 is 2.22 bits per heavy atom. The third kappa shape index (κ3) is 5.67. The van der Waals surface area contributed by atoms with Crippen molar-refractivity contribution in [2.75, 3.05) is 13.1 Å². The number of aryl methyl sites for hydroxylation is 1. The van der Waals surface area contributed by atoms with E-state index in [-0.39, 0.29) is 0 Å². The van der Waals surface area contributed by atoms with Crippen molar-refractivity contribution >= 4 is 17.3 Å². The lowest BCUT2D eigenvalue weighted by Crippen LogP contribution is -2.38. The van der Waals surface area contributed by atoms with Crippen LogP contribution in [0, 0.1) is 6.92 Å². The van der Waals surface area contributed by atoms with Gasteiger partial charge in [0.2, 0.25) is 0 Å². The highest BCUT2D eigenvalue weighted by molar-refractivity contribution is 7.11. The molecule has 0 fully saturated rings. The molecule has 23 heavy (non-hydrogen) atoms. The lowest BCUT2D eigenvalue weighted by molar-refractivity contribution is 0.376. The van der Waals surface area contributed by atoms with Gasteiger partial charge in [-0.15, -0.1) is 11.3 Å². The van der Waals surface area contributed by atoms with E-state index in [9.17, 15) is 0 Å². The third-order valence-corrected chi connectivity index (χ3v) is 4.18. The number of aliphatic imine (C=N–C) groups is 1. The molecule has 126 valence electrons. The molecule has 7 heteroatoms. The lowest BCUT2D eigenvalue weighted by atomic mass is 10.1. The zero-order valence-electron chi connectivity index (χ0n) is 14.2. The average Bonchev–Trinajstić information content (AvgIpc) is 3.14. The fourth-order valence-corrected chi connectivity index (χ4v) is 2.77. The first-order chi connectivity index (χ1) is 11.1. The van der Waals surface area contributed by atoms with Crippen molar-refractivity contribution in [2.45, 2.75) is 46.6 Å². The molecule has 0 atom stereocenters. The van der Waals surface area contributed by atoms with Gasteiger partial charge in [-0.25, -0.2) is 9.98 Å². The second-order valence-corrected chi connectivity index (χ2v) is 6.93. The minimum Gasteiger partial charge on any atom is -0.359 e. The summed E-state index contributed by atoms with van der Waals surface area (Å²) in [6.07, 6.45) is 2.80. The van der Waals surface area contributed by atoms with Gasteiger partial charge in [0, 0.05) is 36.7 Å². The molecule has 0 unspecified atom stereocenters. The monoisotopic (exact) mass is 335 g/mol. The van der Waals surface area contributed by atoms with Crippen LogP contribution >= 0.6 is 11.3 Å². The maximum Gasteiger partial charge on any atom is 0.191 e. The zero-order valence-corrected chi connectivity index (χ0v) is 15.0. The molecule has 0 radical (unpaired) electrons. The summed E-state index contributed by atoms with van der Waals surface area (Å²) in [5, 5.41) is 11.7. The molecule has 2 aromatic heterocycles. The molecule has 0 bridgehead atoms. The van der Waals surface area contributed by atoms with Gasteiger partial charge in [0.25, 0.3) is 0 Å². The largest absolute Gasteiger partial charge is 0.359 e. The molecule has 0 aliphatic heterocycles. The van der Waals surface area contributed by atoms with Crippen LogP contribution in [0.3, 0.4) is 0 Å². The Morgan fingerprint density at radius 1 is 1.39 bits per heavy atom. The minimum atomic E-state index is 0.365. The number of hydrogen-bond donors (Lipinski definition) is 2. The summed E-state index contributed by atoms with van der Waals surface area (Å²) in [5.74, 6) is 1.93. The predicted octanol–water partition coefficient (Wildman–Crippen LogP) is 2.86. The van der Waals surface area contributed by atoms with Crippen molar-refractivity contribution in [1.29, 1.82) is 0 Å². The first-order valence-electron chi connectivity index (χ1n) is 7.97. The Morgan fingerprint density at radius 3 is 2.83 bits per heavy atom. The van der Waals surface area contributed by atoms with Crippen LogP contribution in [0.15, 0.2) is 21.8 Å². The molecule has 2 rings (SSSR count). The van der Waals surface area contributed by atoms with Gasteiger partial charge in [-0.2, -0.15) is 0 Å².